The summed E-state index contributed by atoms with van der Waals surface area (Å²) in [5.74, 6) is 1.50. The normalized spacial score (nSPS) is 19.4. The monoisotopic (exact) mass is 336 g/mol. The molecule has 1 aliphatic heterocycles. The van der Waals surface area contributed by atoms with Gasteiger partial charge in [-0.1, -0.05) is 11.6 Å². The summed E-state index contributed by atoms with van der Waals surface area (Å²) < 4.78 is 0.913. The van der Waals surface area contributed by atoms with Crippen LogP contribution in [0.1, 0.15) is 19.8 Å². The van der Waals surface area contributed by atoms with Crippen LogP contribution in [0.25, 0.3) is 0 Å². The van der Waals surface area contributed by atoms with Gasteiger partial charge < -0.3 is 4.90 Å². The van der Waals surface area contributed by atoms with Crippen LogP contribution in [0.2, 0.25) is 5.02 Å². The van der Waals surface area contributed by atoms with Crippen LogP contribution in [0.5, 0.6) is 0 Å². The molecule has 94 valence electrons. The first-order chi connectivity index (χ1) is 8.08. The van der Waals surface area contributed by atoms with Crippen LogP contribution in [0.15, 0.2) is 16.7 Å². The molecule has 0 aliphatic carbocycles. The Kier molecular flexibility index (Phi) is 4.56. The van der Waals surface area contributed by atoms with Crippen molar-refractivity contribution in [2.45, 2.75) is 25.1 Å². The number of hydrogen-bond acceptors (Lipinski definition) is 2. The summed E-state index contributed by atoms with van der Waals surface area (Å²) in [5.41, 5.74) is 0. The molecule has 1 aromatic rings. The van der Waals surface area contributed by atoms with Crippen LogP contribution in [0.4, 0.5) is 5.82 Å². The van der Waals surface area contributed by atoms with E-state index in [-0.39, 0.29) is 5.38 Å². The van der Waals surface area contributed by atoms with Gasteiger partial charge in [0, 0.05) is 29.1 Å². The second-order valence-electron chi connectivity index (χ2n) is 4.46. The van der Waals surface area contributed by atoms with Crippen LogP contribution in [-0.2, 0) is 0 Å². The summed E-state index contributed by atoms with van der Waals surface area (Å²) in [4.78, 5) is 6.63. The van der Waals surface area contributed by atoms with Crippen molar-refractivity contribution in [3.63, 3.8) is 0 Å². The van der Waals surface area contributed by atoms with Gasteiger partial charge in [0.15, 0.2) is 0 Å². The van der Waals surface area contributed by atoms with E-state index in [9.17, 15) is 0 Å². The number of rotatable bonds is 2. The molecule has 0 saturated carbocycles. The lowest BCUT2D eigenvalue weighted by atomic mass is 9.94. The largest absolute Gasteiger partial charge is 0.355 e. The van der Waals surface area contributed by atoms with Crippen LogP contribution in [-0.4, -0.2) is 23.5 Å². The van der Waals surface area contributed by atoms with E-state index in [1.165, 1.54) is 0 Å². The Morgan fingerprint density at radius 1 is 1.47 bits per heavy atom. The fourth-order valence-electron chi connectivity index (χ4n) is 2.21. The fourth-order valence-corrected chi connectivity index (χ4v) is 3.21. The highest BCUT2D eigenvalue weighted by Crippen LogP contribution is 2.31. The van der Waals surface area contributed by atoms with Gasteiger partial charge in [-0.15, -0.1) is 11.6 Å². The quantitative estimate of drug-likeness (QED) is 0.746. The molecule has 0 N–H and O–H groups in total. The van der Waals surface area contributed by atoms with Gasteiger partial charge in [-0.3, -0.25) is 0 Å². The highest BCUT2D eigenvalue weighted by molar-refractivity contribution is 9.10. The molecule has 1 aliphatic rings. The first-order valence-electron chi connectivity index (χ1n) is 5.78. The molecule has 1 fully saturated rings. The standard InChI is InChI=1S/C12H15BrCl2N2/c1-8(14)9-2-4-17(5-3-9)12-11(15)6-10(13)7-16-12/h6-9H,2-5H2,1H3. The second kappa shape index (κ2) is 5.77. The van der Waals surface area contributed by atoms with Gasteiger partial charge in [-0.25, -0.2) is 4.98 Å². The summed E-state index contributed by atoms with van der Waals surface area (Å²) in [7, 11) is 0. The molecule has 2 nitrogen and oxygen atoms in total. The number of halogens is 3. The molecular formula is C12H15BrCl2N2. The topological polar surface area (TPSA) is 16.1 Å². The Morgan fingerprint density at radius 2 is 2.12 bits per heavy atom. The highest BCUT2D eigenvalue weighted by atomic mass is 79.9. The molecular weight excluding hydrogens is 323 g/mol. The van der Waals surface area contributed by atoms with Crippen molar-refractivity contribution in [2.24, 2.45) is 5.92 Å². The average Bonchev–Trinajstić information content (AvgIpc) is 2.29. The van der Waals surface area contributed by atoms with Crippen molar-refractivity contribution in [1.29, 1.82) is 0 Å². The maximum Gasteiger partial charge on any atom is 0.147 e. The van der Waals surface area contributed by atoms with E-state index in [0.717, 1.165) is 36.2 Å². The van der Waals surface area contributed by atoms with Gasteiger partial charge >= 0.3 is 0 Å². The number of pyridine rings is 1. The molecule has 1 unspecified atom stereocenters. The van der Waals surface area contributed by atoms with Crippen molar-refractivity contribution < 1.29 is 0 Å². The zero-order valence-corrected chi connectivity index (χ0v) is 12.8. The number of nitrogens with zero attached hydrogens (tertiary/aromatic N) is 2. The predicted molar refractivity (Wildman–Crippen MR) is 77.2 cm³/mol. The van der Waals surface area contributed by atoms with E-state index in [0.29, 0.717) is 10.9 Å². The Labute approximate surface area is 120 Å². The van der Waals surface area contributed by atoms with E-state index in [1.54, 1.807) is 6.20 Å². The Morgan fingerprint density at radius 3 is 2.65 bits per heavy atom. The zero-order chi connectivity index (χ0) is 12.4. The zero-order valence-electron chi connectivity index (χ0n) is 9.67. The molecule has 1 saturated heterocycles. The minimum Gasteiger partial charge on any atom is -0.355 e. The molecule has 17 heavy (non-hydrogen) atoms. The summed E-state index contributed by atoms with van der Waals surface area (Å²) >= 11 is 15.7. The van der Waals surface area contributed by atoms with Gasteiger partial charge in [-0.05, 0) is 47.7 Å². The first-order valence-corrected chi connectivity index (χ1v) is 7.38. The number of piperidine rings is 1. The van der Waals surface area contributed by atoms with Crippen molar-refractivity contribution in [2.75, 3.05) is 18.0 Å². The van der Waals surface area contributed by atoms with Crippen LogP contribution in [0, 0.1) is 5.92 Å². The number of hydrogen-bond donors (Lipinski definition) is 0. The fraction of sp³-hybridized carbons (Fsp3) is 0.583. The van der Waals surface area contributed by atoms with Gasteiger partial charge in [-0.2, -0.15) is 0 Å². The Bertz CT molecular complexity index is 390. The summed E-state index contributed by atoms with van der Waals surface area (Å²) in [6, 6.07) is 1.89. The van der Waals surface area contributed by atoms with Crippen LogP contribution in [0.3, 0.4) is 0 Å². The number of anilines is 1. The molecule has 2 heterocycles. The van der Waals surface area contributed by atoms with Gasteiger partial charge in [0.25, 0.3) is 0 Å². The SMILES string of the molecule is CC(Cl)C1CCN(c2ncc(Br)cc2Cl)CC1. The summed E-state index contributed by atoms with van der Waals surface area (Å²) in [6.07, 6.45) is 4.01. The molecule has 5 heteroatoms. The number of aromatic nitrogens is 1. The Hall–Kier alpha value is 0.01000. The van der Waals surface area contributed by atoms with E-state index in [2.05, 4.69) is 32.7 Å². The molecule has 0 aromatic carbocycles. The second-order valence-corrected chi connectivity index (χ2v) is 6.47. The van der Waals surface area contributed by atoms with Crippen molar-refractivity contribution in [3.05, 3.63) is 21.8 Å². The van der Waals surface area contributed by atoms with E-state index in [1.807, 2.05) is 6.07 Å². The molecule has 1 aromatic heterocycles. The molecule has 0 radical (unpaired) electrons. The van der Waals surface area contributed by atoms with E-state index < -0.39 is 0 Å². The van der Waals surface area contributed by atoms with Gasteiger partial charge in [0.1, 0.15) is 5.82 Å². The number of alkyl halides is 1. The molecule has 0 spiro atoms. The van der Waals surface area contributed by atoms with E-state index >= 15 is 0 Å². The maximum atomic E-state index is 6.20. The van der Waals surface area contributed by atoms with Crippen molar-refractivity contribution in [1.82, 2.24) is 4.98 Å². The van der Waals surface area contributed by atoms with Crippen molar-refractivity contribution >= 4 is 44.9 Å². The Balaban J connectivity index is 2.05. The molecule has 2 rings (SSSR count). The van der Waals surface area contributed by atoms with Gasteiger partial charge in [0.2, 0.25) is 0 Å². The lowest BCUT2D eigenvalue weighted by Gasteiger charge is -2.34. The smallest absolute Gasteiger partial charge is 0.147 e. The summed E-state index contributed by atoms with van der Waals surface area (Å²) in [6.45, 7) is 4.04. The molecule has 0 amide bonds. The minimum absolute atomic E-state index is 0.255. The highest BCUT2D eigenvalue weighted by Gasteiger charge is 2.24. The summed E-state index contributed by atoms with van der Waals surface area (Å²) in [5, 5.41) is 0.960. The van der Waals surface area contributed by atoms with Crippen LogP contribution >= 0.6 is 39.1 Å². The van der Waals surface area contributed by atoms with Gasteiger partial charge in [0.05, 0.1) is 5.02 Å². The minimum atomic E-state index is 0.255. The third-order valence-electron chi connectivity index (χ3n) is 3.28. The lowest BCUT2D eigenvalue weighted by Crippen LogP contribution is -2.36. The molecule has 0 bridgehead atoms. The average molecular weight is 338 g/mol. The van der Waals surface area contributed by atoms with Crippen molar-refractivity contribution in [3.8, 4) is 0 Å². The maximum absolute atomic E-state index is 6.20. The van der Waals surface area contributed by atoms with E-state index in [4.69, 9.17) is 23.2 Å². The van der Waals surface area contributed by atoms with Crippen LogP contribution < -0.4 is 4.90 Å². The third-order valence-corrected chi connectivity index (χ3v) is 4.35. The first kappa shape index (κ1) is 13.4. The lowest BCUT2D eigenvalue weighted by molar-refractivity contribution is 0.399. The molecule has 1 atom stereocenters. The third kappa shape index (κ3) is 3.27. The predicted octanol–water partition coefficient (Wildman–Crippen LogP) is 4.34.